The molecule has 0 saturated carbocycles. The third kappa shape index (κ3) is 7.48. The molecule has 0 fully saturated rings. The number of amides is 1. The van der Waals surface area contributed by atoms with Gasteiger partial charge in [-0.1, -0.05) is 42.7 Å². The van der Waals surface area contributed by atoms with Crippen LogP contribution in [-0.4, -0.2) is 21.6 Å². The van der Waals surface area contributed by atoms with E-state index in [2.05, 4.69) is 11.8 Å². The molecule has 190 valence electrons. The van der Waals surface area contributed by atoms with Crippen molar-refractivity contribution in [2.75, 3.05) is 0 Å². The van der Waals surface area contributed by atoms with Gasteiger partial charge in [0.2, 0.25) is 0 Å². The van der Waals surface area contributed by atoms with E-state index in [0.29, 0.717) is 28.8 Å². The van der Waals surface area contributed by atoms with Crippen molar-refractivity contribution >= 4 is 17.0 Å². The molecule has 0 spiro atoms. The highest BCUT2D eigenvalue weighted by atomic mass is 19.4. The number of hydrogen-bond acceptors (Lipinski definition) is 3. The van der Waals surface area contributed by atoms with Crippen LogP contribution in [0.2, 0.25) is 0 Å². The number of rotatable bonds is 5. The minimum absolute atomic E-state index is 0.0612. The molecule has 0 aliphatic rings. The number of alkyl halides is 3. The second kappa shape index (κ2) is 11.0. The molecule has 0 saturated heterocycles. The number of benzene rings is 2. The summed E-state index contributed by atoms with van der Waals surface area (Å²) in [5.41, 5.74) is 1.31. The van der Waals surface area contributed by atoms with E-state index in [1.165, 1.54) is 4.90 Å². The van der Waals surface area contributed by atoms with Crippen LogP contribution in [-0.2, 0) is 24.0 Å². The largest absolute Gasteiger partial charge is 0.444 e. The first-order valence-electron chi connectivity index (χ1n) is 11.9. The van der Waals surface area contributed by atoms with E-state index in [9.17, 15) is 18.0 Å². The number of hydrogen-bond donors (Lipinski definition) is 0. The topological polar surface area (TPSA) is 42.4 Å². The summed E-state index contributed by atoms with van der Waals surface area (Å²) in [4.78, 5) is 19.3. The number of carbonyl (C=O) groups excluding carboxylic acids is 1. The Morgan fingerprint density at radius 2 is 1.78 bits per heavy atom. The van der Waals surface area contributed by atoms with Gasteiger partial charge in [-0.3, -0.25) is 4.90 Å². The Labute approximate surface area is 210 Å². The third-order valence-electron chi connectivity index (χ3n) is 5.24. The van der Waals surface area contributed by atoms with Crippen molar-refractivity contribution in [3.05, 3.63) is 76.5 Å². The molecule has 1 heterocycles. The maximum atomic E-state index is 13.4. The smallest absolute Gasteiger partial charge is 0.416 e. The molecular weight excluding hydrogens is 465 g/mol. The van der Waals surface area contributed by atoms with Crippen LogP contribution in [0.3, 0.4) is 0 Å². The van der Waals surface area contributed by atoms with Crippen LogP contribution in [0.4, 0.5) is 18.0 Å². The zero-order chi connectivity index (χ0) is 26.5. The first-order chi connectivity index (χ1) is 16.9. The normalized spacial score (nSPS) is 11.7. The molecule has 0 atom stereocenters. The number of aromatic nitrogens is 1. The number of fused-ring (bicyclic) bond motifs is 1. The molecule has 0 aliphatic heterocycles. The molecule has 0 bridgehead atoms. The van der Waals surface area contributed by atoms with Gasteiger partial charge >= 0.3 is 12.3 Å². The Balaban J connectivity index is 2.05. The van der Waals surface area contributed by atoms with Gasteiger partial charge in [0.05, 0.1) is 17.6 Å². The lowest BCUT2D eigenvalue weighted by molar-refractivity contribution is -0.137. The number of pyridine rings is 1. The van der Waals surface area contributed by atoms with Gasteiger partial charge in [-0.25, -0.2) is 9.78 Å². The van der Waals surface area contributed by atoms with E-state index in [1.54, 1.807) is 33.8 Å². The summed E-state index contributed by atoms with van der Waals surface area (Å²) in [6.07, 6.45) is -3.51. The maximum Gasteiger partial charge on any atom is 0.416 e. The highest BCUT2D eigenvalue weighted by molar-refractivity contribution is 5.80. The molecule has 0 aliphatic carbocycles. The monoisotopic (exact) mass is 496 g/mol. The summed E-state index contributed by atoms with van der Waals surface area (Å²) in [6, 6.07) is 13.3. The minimum atomic E-state index is -4.48. The average Bonchev–Trinajstić information content (AvgIpc) is 2.77. The number of nitrogens with zero attached hydrogens (tertiary/aromatic N) is 2. The van der Waals surface area contributed by atoms with Crippen LogP contribution in [0.1, 0.15) is 68.5 Å². The van der Waals surface area contributed by atoms with Gasteiger partial charge in [0.15, 0.2) is 0 Å². The van der Waals surface area contributed by atoms with Crippen molar-refractivity contribution in [2.24, 2.45) is 0 Å². The molecule has 4 nitrogen and oxygen atoms in total. The molecule has 0 N–H and O–H groups in total. The lowest BCUT2D eigenvalue weighted by atomic mass is 10.0. The van der Waals surface area contributed by atoms with Gasteiger partial charge in [-0.05, 0) is 69.9 Å². The Hall–Kier alpha value is -3.53. The summed E-state index contributed by atoms with van der Waals surface area (Å²) in [5.74, 6) is 6.22. The van der Waals surface area contributed by atoms with Crippen LogP contribution in [0.15, 0.2) is 48.5 Å². The lowest BCUT2D eigenvalue weighted by Gasteiger charge is -2.28. The predicted molar refractivity (Wildman–Crippen MR) is 135 cm³/mol. The van der Waals surface area contributed by atoms with Gasteiger partial charge in [0.1, 0.15) is 11.3 Å². The quantitative estimate of drug-likeness (QED) is 0.341. The molecule has 1 aromatic heterocycles. The zero-order valence-electron chi connectivity index (χ0n) is 21.3. The Bertz CT molecular complexity index is 1300. The van der Waals surface area contributed by atoms with Crippen LogP contribution in [0.5, 0.6) is 0 Å². The number of halogens is 3. The molecule has 3 rings (SSSR count). The van der Waals surface area contributed by atoms with Crippen molar-refractivity contribution in [2.45, 2.75) is 72.3 Å². The van der Waals surface area contributed by atoms with E-state index < -0.39 is 23.4 Å². The molecule has 1 amide bonds. The van der Waals surface area contributed by atoms with Gasteiger partial charge in [0, 0.05) is 23.9 Å². The Morgan fingerprint density at radius 1 is 1.06 bits per heavy atom. The molecule has 3 aromatic rings. The Morgan fingerprint density at radius 3 is 2.44 bits per heavy atom. The number of ether oxygens (including phenoxy) is 1. The highest BCUT2D eigenvalue weighted by Gasteiger charge is 2.31. The van der Waals surface area contributed by atoms with Gasteiger partial charge in [0.25, 0.3) is 0 Å². The van der Waals surface area contributed by atoms with E-state index >= 15 is 0 Å². The summed E-state index contributed by atoms with van der Waals surface area (Å²) in [7, 11) is 0. The molecule has 0 unspecified atom stereocenters. The minimum Gasteiger partial charge on any atom is -0.444 e. The fraction of sp³-hybridized carbons (Fsp3) is 0.379. The maximum absolute atomic E-state index is 13.4. The van der Waals surface area contributed by atoms with Crippen molar-refractivity contribution in [1.82, 2.24) is 9.88 Å². The van der Waals surface area contributed by atoms with Crippen LogP contribution < -0.4 is 0 Å². The second-order valence-corrected chi connectivity index (χ2v) is 9.78. The zero-order valence-corrected chi connectivity index (χ0v) is 21.3. The molecular formula is C29H31F3N2O2. The van der Waals surface area contributed by atoms with E-state index in [1.807, 2.05) is 37.3 Å². The van der Waals surface area contributed by atoms with Crippen molar-refractivity contribution in [1.29, 1.82) is 0 Å². The number of para-hydroxylation sites is 1. The number of aryl methyl sites for hydroxylation is 1. The number of unbranched alkanes of at least 4 members (excludes halogenated alkanes) is 1. The highest BCUT2D eigenvalue weighted by Crippen LogP contribution is 2.31. The van der Waals surface area contributed by atoms with E-state index in [0.717, 1.165) is 29.5 Å². The van der Waals surface area contributed by atoms with E-state index in [4.69, 9.17) is 9.72 Å². The first kappa shape index (κ1) is 27.1. The summed E-state index contributed by atoms with van der Waals surface area (Å²) < 4.78 is 45.9. The second-order valence-electron chi connectivity index (χ2n) is 9.78. The molecule has 36 heavy (non-hydrogen) atoms. The SMILES string of the molecule is CCCC#Cc1nc2ccccc2cc1CN(Cc1cc(C)cc(C(F)(F)F)c1)C(=O)OC(C)(C)C. The molecule has 2 aromatic carbocycles. The fourth-order valence-electron chi connectivity index (χ4n) is 3.71. The molecule has 0 radical (unpaired) electrons. The molecule has 7 heteroatoms. The third-order valence-corrected chi connectivity index (χ3v) is 5.24. The van der Waals surface area contributed by atoms with E-state index in [-0.39, 0.29) is 13.1 Å². The lowest BCUT2D eigenvalue weighted by Crippen LogP contribution is -2.36. The summed E-state index contributed by atoms with van der Waals surface area (Å²) in [5, 5.41) is 0.882. The van der Waals surface area contributed by atoms with Crippen molar-refractivity contribution < 1.29 is 22.7 Å². The van der Waals surface area contributed by atoms with Gasteiger partial charge in [-0.15, -0.1) is 0 Å². The first-order valence-corrected chi connectivity index (χ1v) is 11.9. The Kier molecular flexibility index (Phi) is 8.29. The van der Waals surface area contributed by atoms with Crippen molar-refractivity contribution in [3.8, 4) is 11.8 Å². The summed E-state index contributed by atoms with van der Waals surface area (Å²) in [6.45, 7) is 8.90. The van der Waals surface area contributed by atoms with Gasteiger partial charge < -0.3 is 4.74 Å². The standard InChI is InChI=1S/C29H31F3N2O2/c1-6-7-8-12-26-23(17-22-11-9-10-13-25(22)33-26)19-34(27(35)36-28(3,4)5)18-21-14-20(2)15-24(16-21)29(30,31)32/h9-11,13-17H,6-7,18-19H2,1-5H3. The fourth-order valence-corrected chi connectivity index (χ4v) is 3.71. The van der Waals surface area contributed by atoms with Crippen LogP contribution in [0, 0.1) is 18.8 Å². The average molecular weight is 497 g/mol. The summed E-state index contributed by atoms with van der Waals surface area (Å²) >= 11 is 0. The van der Waals surface area contributed by atoms with Crippen molar-refractivity contribution in [3.63, 3.8) is 0 Å². The van der Waals surface area contributed by atoms with Crippen LogP contribution >= 0.6 is 0 Å². The predicted octanol–water partition coefficient (Wildman–Crippen LogP) is 7.65. The van der Waals surface area contributed by atoms with Crippen LogP contribution in [0.25, 0.3) is 10.9 Å². The van der Waals surface area contributed by atoms with Gasteiger partial charge in [-0.2, -0.15) is 13.2 Å². The number of carbonyl (C=O) groups is 1.